The SMILES string of the molecule is Cl.OC(c1ccccc1)C(c1ccccc1)N1CCN(C2CCCCC2)CC1. The molecule has 0 amide bonds. The van der Waals surface area contributed by atoms with E-state index < -0.39 is 6.10 Å². The first kappa shape index (κ1) is 21.3. The van der Waals surface area contributed by atoms with Crippen molar-refractivity contribution in [1.29, 1.82) is 0 Å². The van der Waals surface area contributed by atoms with Crippen LogP contribution in [0, 0.1) is 0 Å². The third-order valence-electron chi connectivity index (χ3n) is 6.41. The van der Waals surface area contributed by atoms with Crippen molar-refractivity contribution in [1.82, 2.24) is 9.80 Å². The minimum Gasteiger partial charge on any atom is -0.386 e. The van der Waals surface area contributed by atoms with Gasteiger partial charge in [-0.25, -0.2) is 0 Å². The van der Waals surface area contributed by atoms with E-state index in [-0.39, 0.29) is 18.4 Å². The quantitative estimate of drug-likeness (QED) is 0.778. The first-order valence-electron chi connectivity index (χ1n) is 10.6. The Hall–Kier alpha value is -1.39. The summed E-state index contributed by atoms with van der Waals surface area (Å²) in [4.78, 5) is 5.19. The van der Waals surface area contributed by atoms with E-state index in [1.54, 1.807) is 0 Å². The van der Waals surface area contributed by atoms with Crippen LogP contribution < -0.4 is 0 Å². The summed E-state index contributed by atoms with van der Waals surface area (Å²) in [5.74, 6) is 0. The molecule has 2 atom stereocenters. The van der Waals surface area contributed by atoms with Crippen LogP contribution in [0.3, 0.4) is 0 Å². The van der Waals surface area contributed by atoms with E-state index in [0.717, 1.165) is 37.8 Å². The molecule has 1 saturated heterocycles. The summed E-state index contributed by atoms with van der Waals surface area (Å²) in [5, 5.41) is 11.2. The standard InChI is InChI=1S/C24H32N2O.ClH/c27-24(21-12-6-2-7-13-21)23(20-10-4-1-5-11-20)26-18-16-25(17-19-26)22-14-8-3-9-15-22;/h1-2,4-7,10-13,22-24,27H,3,8-9,14-19H2;1H. The van der Waals surface area contributed by atoms with Crippen LogP contribution in [-0.2, 0) is 0 Å². The number of hydrogen-bond donors (Lipinski definition) is 1. The summed E-state index contributed by atoms with van der Waals surface area (Å²) in [6, 6.07) is 21.5. The van der Waals surface area contributed by atoms with Crippen LogP contribution in [0.5, 0.6) is 0 Å². The van der Waals surface area contributed by atoms with E-state index in [1.807, 2.05) is 30.3 Å². The maximum Gasteiger partial charge on any atom is 0.0986 e. The molecule has 28 heavy (non-hydrogen) atoms. The highest BCUT2D eigenvalue weighted by Gasteiger charge is 2.33. The Kier molecular flexibility index (Phi) is 7.92. The molecule has 4 rings (SSSR count). The first-order chi connectivity index (χ1) is 13.3. The Balaban J connectivity index is 0.00000225. The zero-order chi connectivity index (χ0) is 18.5. The molecule has 1 heterocycles. The van der Waals surface area contributed by atoms with Gasteiger partial charge in [-0.05, 0) is 24.0 Å². The number of aliphatic hydroxyl groups is 1. The molecule has 2 aromatic carbocycles. The van der Waals surface area contributed by atoms with Gasteiger partial charge in [0.1, 0.15) is 0 Å². The smallest absolute Gasteiger partial charge is 0.0986 e. The second kappa shape index (κ2) is 10.4. The third-order valence-corrected chi connectivity index (χ3v) is 6.41. The van der Waals surface area contributed by atoms with Gasteiger partial charge in [-0.3, -0.25) is 9.80 Å². The molecule has 4 heteroatoms. The van der Waals surface area contributed by atoms with Gasteiger partial charge in [-0.1, -0.05) is 79.9 Å². The number of nitrogens with zero attached hydrogens (tertiary/aromatic N) is 2. The molecule has 0 spiro atoms. The van der Waals surface area contributed by atoms with Gasteiger partial charge < -0.3 is 5.11 Å². The van der Waals surface area contributed by atoms with Gasteiger partial charge in [0, 0.05) is 32.2 Å². The highest BCUT2D eigenvalue weighted by Crippen LogP contribution is 2.35. The molecular weight excluding hydrogens is 368 g/mol. The lowest BCUT2D eigenvalue weighted by Gasteiger charge is -2.44. The summed E-state index contributed by atoms with van der Waals surface area (Å²) in [7, 11) is 0. The molecule has 0 radical (unpaired) electrons. The highest BCUT2D eigenvalue weighted by atomic mass is 35.5. The van der Waals surface area contributed by atoms with Crippen LogP contribution >= 0.6 is 12.4 Å². The molecule has 152 valence electrons. The summed E-state index contributed by atoms with van der Waals surface area (Å²) >= 11 is 0. The summed E-state index contributed by atoms with van der Waals surface area (Å²) in [6.07, 6.45) is 6.43. The van der Waals surface area contributed by atoms with Crippen molar-refractivity contribution >= 4 is 12.4 Å². The van der Waals surface area contributed by atoms with Crippen molar-refractivity contribution in [2.24, 2.45) is 0 Å². The highest BCUT2D eigenvalue weighted by molar-refractivity contribution is 5.85. The van der Waals surface area contributed by atoms with E-state index in [1.165, 1.54) is 37.7 Å². The molecule has 0 bridgehead atoms. The number of aliphatic hydroxyl groups excluding tert-OH is 1. The fourth-order valence-electron chi connectivity index (χ4n) is 4.90. The Morgan fingerprint density at radius 2 is 1.25 bits per heavy atom. The molecule has 2 aliphatic rings. The molecule has 3 nitrogen and oxygen atoms in total. The Bertz CT molecular complexity index is 682. The Morgan fingerprint density at radius 1 is 0.714 bits per heavy atom. The van der Waals surface area contributed by atoms with Gasteiger partial charge in [0.15, 0.2) is 0 Å². The zero-order valence-corrected chi connectivity index (χ0v) is 17.4. The normalized spacial score (nSPS) is 21.6. The molecule has 2 unspecified atom stereocenters. The molecule has 2 aromatic rings. The fourth-order valence-corrected chi connectivity index (χ4v) is 4.90. The van der Waals surface area contributed by atoms with Gasteiger partial charge >= 0.3 is 0 Å². The maximum atomic E-state index is 11.2. The van der Waals surface area contributed by atoms with E-state index in [4.69, 9.17) is 0 Å². The van der Waals surface area contributed by atoms with Crippen LogP contribution in [0.4, 0.5) is 0 Å². The predicted octanol–water partition coefficient (Wildman–Crippen LogP) is 4.83. The molecular formula is C24H33ClN2O. The molecule has 1 aliphatic heterocycles. The molecule has 2 fully saturated rings. The lowest BCUT2D eigenvalue weighted by Crippen LogP contribution is -2.52. The van der Waals surface area contributed by atoms with Gasteiger partial charge in [-0.15, -0.1) is 12.4 Å². The fraction of sp³-hybridized carbons (Fsp3) is 0.500. The third kappa shape index (κ3) is 4.96. The molecule has 0 aromatic heterocycles. The van der Waals surface area contributed by atoms with Crippen LogP contribution in [-0.4, -0.2) is 47.1 Å². The van der Waals surface area contributed by atoms with Crippen LogP contribution in [0.15, 0.2) is 60.7 Å². The Labute approximate surface area is 175 Å². The second-order valence-electron chi connectivity index (χ2n) is 8.07. The first-order valence-corrected chi connectivity index (χ1v) is 10.6. The van der Waals surface area contributed by atoms with Crippen molar-refractivity contribution in [2.75, 3.05) is 26.2 Å². The average Bonchev–Trinajstić information content (AvgIpc) is 2.76. The largest absolute Gasteiger partial charge is 0.386 e. The minimum absolute atomic E-state index is 0. The lowest BCUT2D eigenvalue weighted by atomic mass is 9.92. The van der Waals surface area contributed by atoms with Crippen LogP contribution in [0.1, 0.15) is 55.4 Å². The van der Waals surface area contributed by atoms with Gasteiger partial charge in [-0.2, -0.15) is 0 Å². The molecule has 1 aliphatic carbocycles. The van der Waals surface area contributed by atoms with Gasteiger partial charge in [0.25, 0.3) is 0 Å². The van der Waals surface area contributed by atoms with Crippen molar-refractivity contribution in [3.05, 3.63) is 71.8 Å². The molecule has 1 N–H and O–H groups in total. The van der Waals surface area contributed by atoms with Gasteiger partial charge in [0.2, 0.25) is 0 Å². The van der Waals surface area contributed by atoms with Crippen molar-refractivity contribution in [2.45, 2.75) is 50.3 Å². The second-order valence-corrected chi connectivity index (χ2v) is 8.07. The maximum absolute atomic E-state index is 11.2. The van der Waals surface area contributed by atoms with Crippen LogP contribution in [0.2, 0.25) is 0 Å². The van der Waals surface area contributed by atoms with Crippen LogP contribution in [0.25, 0.3) is 0 Å². The predicted molar refractivity (Wildman–Crippen MR) is 118 cm³/mol. The Morgan fingerprint density at radius 3 is 1.82 bits per heavy atom. The van der Waals surface area contributed by atoms with E-state index in [0.29, 0.717) is 0 Å². The van der Waals surface area contributed by atoms with Crippen molar-refractivity contribution in [3.8, 4) is 0 Å². The number of benzene rings is 2. The summed E-state index contributed by atoms with van der Waals surface area (Å²) in [6.45, 7) is 4.30. The lowest BCUT2D eigenvalue weighted by molar-refractivity contribution is 0.00258. The zero-order valence-electron chi connectivity index (χ0n) is 16.6. The molecule has 1 saturated carbocycles. The topological polar surface area (TPSA) is 26.7 Å². The van der Waals surface area contributed by atoms with E-state index in [2.05, 4.69) is 40.1 Å². The number of rotatable bonds is 5. The number of piperazine rings is 1. The van der Waals surface area contributed by atoms with Crippen molar-refractivity contribution < 1.29 is 5.11 Å². The number of hydrogen-bond acceptors (Lipinski definition) is 3. The van der Waals surface area contributed by atoms with E-state index >= 15 is 0 Å². The minimum atomic E-state index is -0.505. The summed E-state index contributed by atoms with van der Waals surface area (Å²) < 4.78 is 0. The monoisotopic (exact) mass is 400 g/mol. The van der Waals surface area contributed by atoms with Gasteiger partial charge in [0.05, 0.1) is 12.1 Å². The van der Waals surface area contributed by atoms with E-state index in [9.17, 15) is 5.11 Å². The number of halogens is 1. The summed E-state index contributed by atoms with van der Waals surface area (Å²) in [5.41, 5.74) is 2.21. The average molecular weight is 401 g/mol. The van der Waals surface area contributed by atoms with Crippen molar-refractivity contribution in [3.63, 3.8) is 0 Å².